The summed E-state index contributed by atoms with van der Waals surface area (Å²) in [5.74, 6) is -0.00471. The van der Waals surface area contributed by atoms with Crippen LogP contribution in [-0.4, -0.2) is 17.5 Å². The zero-order chi connectivity index (χ0) is 22.6. The minimum atomic E-state index is -0.579. The van der Waals surface area contributed by atoms with Gasteiger partial charge in [0.25, 0.3) is 5.91 Å². The molecule has 1 aliphatic rings. The van der Waals surface area contributed by atoms with Gasteiger partial charge in [-0.25, -0.2) is 4.79 Å². The third-order valence-corrected chi connectivity index (χ3v) is 5.94. The highest BCUT2D eigenvalue weighted by Crippen LogP contribution is 2.53. The van der Waals surface area contributed by atoms with Gasteiger partial charge in [0, 0.05) is 28.4 Å². The van der Waals surface area contributed by atoms with Gasteiger partial charge in [-0.2, -0.15) is 0 Å². The van der Waals surface area contributed by atoms with Gasteiger partial charge in [-0.15, -0.1) is 0 Å². The fourth-order valence-corrected chi connectivity index (χ4v) is 3.86. The molecule has 2 atom stereocenters. The predicted molar refractivity (Wildman–Crippen MR) is 126 cm³/mol. The van der Waals surface area contributed by atoms with E-state index in [0.717, 1.165) is 29.7 Å². The molecule has 164 valence electrons. The lowest BCUT2D eigenvalue weighted by atomic mass is 10.0. The van der Waals surface area contributed by atoms with Crippen LogP contribution in [0.15, 0.2) is 78.9 Å². The number of rotatable bonds is 7. The van der Waals surface area contributed by atoms with E-state index in [9.17, 15) is 9.59 Å². The quantitative estimate of drug-likeness (QED) is 0.476. The van der Waals surface area contributed by atoms with E-state index in [4.69, 9.17) is 10.5 Å². The Balaban J connectivity index is 1.39. The van der Waals surface area contributed by atoms with Crippen LogP contribution in [-0.2, 0) is 11.3 Å². The van der Waals surface area contributed by atoms with Crippen LogP contribution in [0.5, 0.6) is 0 Å². The Morgan fingerprint density at radius 3 is 2.50 bits per heavy atom. The molecule has 4 N–H and O–H groups in total. The zero-order valence-corrected chi connectivity index (χ0v) is 18.0. The van der Waals surface area contributed by atoms with Crippen molar-refractivity contribution >= 4 is 23.4 Å². The van der Waals surface area contributed by atoms with E-state index in [0.29, 0.717) is 11.3 Å². The van der Waals surface area contributed by atoms with E-state index in [2.05, 4.69) is 17.6 Å². The molecule has 0 unspecified atom stereocenters. The van der Waals surface area contributed by atoms with E-state index in [1.165, 1.54) is 0 Å². The van der Waals surface area contributed by atoms with Crippen LogP contribution in [0.3, 0.4) is 0 Å². The first kappa shape index (κ1) is 21.6. The lowest BCUT2D eigenvalue weighted by Gasteiger charge is -2.14. The Morgan fingerprint density at radius 2 is 1.75 bits per heavy atom. The van der Waals surface area contributed by atoms with Crippen LogP contribution in [0, 0.1) is 0 Å². The van der Waals surface area contributed by atoms with Crippen molar-refractivity contribution in [2.45, 2.75) is 37.8 Å². The number of benzene rings is 3. The normalized spacial score (nSPS) is 19.1. The van der Waals surface area contributed by atoms with Crippen molar-refractivity contribution in [3.8, 4) is 0 Å². The molecule has 3 aromatic rings. The summed E-state index contributed by atoms with van der Waals surface area (Å²) in [4.78, 5) is 25.0. The first-order chi connectivity index (χ1) is 15.5. The second-order valence-electron chi connectivity index (χ2n) is 8.15. The van der Waals surface area contributed by atoms with E-state index >= 15 is 0 Å². The Labute approximate surface area is 187 Å². The molecule has 0 heterocycles. The summed E-state index contributed by atoms with van der Waals surface area (Å²) in [5, 5.41) is 5.67. The van der Waals surface area contributed by atoms with Gasteiger partial charge in [-0.05, 0) is 48.2 Å². The fraction of sp³-hybridized carbons (Fsp3) is 0.231. The topological polar surface area (TPSA) is 93.5 Å². The van der Waals surface area contributed by atoms with Crippen molar-refractivity contribution in [3.05, 3.63) is 95.6 Å². The molecule has 1 aliphatic carbocycles. The summed E-state index contributed by atoms with van der Waals surface area (Å²) in [5.41, 5.74) is 9.85. The first-order valence-corrected chi connectivity index (χ1v) is 10.8. The first-order valence-electron chi connectivity index (χ1n) is 10.8. The number of para-hydroxylation sites is 1. The number of anilines is 2. The molecule has 0 aromatic heterocycles. The van der Waals surface area contributed by atoms with Gasteiger partial charge in [-0.3, -0.25) is 10.1 Å². The Morgan fingerprint density at radius 1 is 1.00 bits per heavy atom. The van der Waals surface area contributed by atoms with Crippen LogP contribution < -0.4 is 16.4 Å². The number of hydrogen-bond acceptors (Lipinski definition) is 4. The Kier molecular flexibility index (Phi) is 6.23. The number of carbonyl (C=O) groups is 2. The summed E-state index contributed by atoms with van der Waals surface area (Å²) >= 11 is 0. The van der Waals surface area contributed by atoms with Gasteiger partial charge in [-0.1, -0.05) is 61.5 Å². The number of carbonyl (C=O) groups excluding carboxylic acids is 2. The molecule has 4 rings (SSSR count). The van der Waals surface area contributed by atoms with Crippen LogP contribution in [0.2, 0.25) is 0 Å². The minimum absolute atomic E-state index is 0.172. The van der Waals surface area contributed by atoms with Gasteiger partial charge in [0.15, 0.2) is 0 Å². The fourth-order valence-electron chi connectivity index (χ4n) is 3.86. The third kappa shape index (κ3) is 4.98. The standard InChI is InChI=1S/C26H27N3O3/c1-2-26(27)16-22(26)21-13-6-7-14-23(21)29-24(30)19-11-8-12-20(15-19)28-25(31)32-17-18-9-4-3-5-10-18/h3-15,22H,2,16-17,27H2,1H3,(H,28,31)(H,29,30)/t22-,26-/m0/s1. The van der Waals surface area contributed by atoms with E-state index < -0.39 is 6.09 Å². The average Bonchev–Trinajstić information content (AvgIpc) is 3.50. The van der Waals surface area contributed by atoms with Gasteiger partial charge >= 0.3 is 6.09 Å². The van der Waals surface area contributed by atoms with Crippen molar-refractivity contribution in [1.29, 1.82) is 0 Å². The molecule has 0 spiro atoms. The van der Waals surface area contributed by atoms with Gasteiger partial charge in [0.1, 0.15) is 6.61 Å². The van der Waals surface area contributed by atoms with Gasteiger partial charge in [0.2, 0.25) is 0 Å². The number of hydrogen-bond donors (Lipinski definition) is 3. The molecule has 6 heteroatoms. The Bertz CT molecular complexity index is 1120. The van der Waals surface area contributed by atoms with Gasteiger partial charge in [0.05, 0.1) is 0 Å². The smallest absolute Gasteiger partial charge is 0.411 e. The summed E-state index contributed by atoms with van der Waals surface area (Å²) in [6, 6.07) is 24.0. The monoisotopic (exact) mass is 429 g/mol. The molecular weight excluding hydrogens is 402 g/mol. The average molecular weight is 430 g/mol. The van der Waals surface area contributed by atoms with Gasteiger partial charge < -0.3 is 15.8 Å². The molecule has 1 saturated carbocycles. The van der Waals surface area contributed by atoms with Crippen LogP contribution in [0.25, 0.3) is 0 Å². The molecular formula is C26H27N3O3. The molecule has 0 bridgehead atoms. The SMILES string of the molecule is CC[C@]1(N)C[C@H]1c1ccccc1NC(=O)c1cccc(NC(=O)OCc2ccccc2)c1. The molecule has 0 radical (unpaired) electrons. The van der Waals surface area contributed by atoms with Crippen LogP contribution in [0.4, 0.5) is 16.2 Å². The number of amides is 2. The van der Waals surface area contributed by atoms with E-state index in [1.807, 2.05) is 54.6 Å². The van der Waals surface area contributed by atoms with E-state index in [1.54, 1.807) is 24.3 Å². The van der Waals surface area contributed by atoms with Crippen molar-refractivity contribution in [1.82, 2.24) is 0 Å². The van der Waals surface area contributed by atoms with Crippen molar-refractivity contribution in [2.75, 3.05) is 10.6 Å². The maximum atomic E-state index is 12.9. The second kappa shape index (κ2) is 9.24. The Hall–Kier alpha value is -3.64. The van der Waals surface area contributed by atoms with Crippen molar-refractivity contribution in [3.63, 3.8) is 0 Å². The lowest BCUT2D eigenvalue weighted by molar-refractivity contribution is 0.102. The second-order valence-corrected chi connectivity index (χ2v) is 8.15. The number of nitrogens with two attached hydrogens (primary N) is 1. The number of nitrogens with one attached hydrogen (secondary N) is 2. The molecule has 2 amide bonds. The summed E-state index contributed by atoms with van der Waals surface area (Å²) < 4.78 is 5.24. The molecule has 0 saturated heterocycles. The lowest BCUT2D eigenvalue weighted by Crippen LogP contribution is -2.23. The summed E-state index contributed by atoms with van der Waals surface area (Å²) in [7, 11) is 0. The summed E-state index contributed by atoms with van der Waals surface area (Å²) in [6.45, 7) is 2.26. The number of ether oxygens (including phenoxy) is 1. The van der Waals surface area contributed by atoms with Crippen LogP contribution in [0.1, 0.15) is 47.2 Å². The highest BCUT2D eigenvalue weighted by Gasteiger charge is 2.50. The maximum absolute atomic E-state index is 12.9. The molecule has 3 aromatic carbocycles. The van der Waals surface area contributed by atoms with Crippen molar-refractivity contribution < 1.29 is 14.3 Å². The highest BCUT2D eigenvalue weighted by atomic mass is 16.5. The van der Waals surface area contributed by atoms with E-state index in [-0.39, 0.29) is 24.0 Å². The highest BCUT2D eigenvalue weighted by molar-refractivity contribution is 6.05. The minimum Gasteiger partial charge on any atom is -0.444 e. The van der Waals surface area contributed by atoms with Crippen molar-refractivity contribution in [2.24, 2.45) is 5.73 Å². The molecule has 1 fully saturated rings. The predicted octanol–water partition coefficient (Wildman–Crippen LogP) is 5.28. The summed E-state index contributed by atoms with van der Waals surface area (Å²) in [6.07, 6.45) is 1.24. The molecule has 6 nitrogen and oxygen atoms in total. The third-order valence-electron chi connectivity index (χ3n) is 5.94. The largest absolute Gasteiger partial charge is 0.444 e. The zero-order valence-electron chi connectivity index (χ0n) is 18.0. The molecule has 32 heavy (non-hydrogen) atoms. The maximum Gasteiger partial charge on any atom is 0.411 e. The molecule has 0 aliphatic heterocycles. The van der Waals surface area contributed by atoms with Crippen LogP contribution >= 0.6 is 0 Å².